The number of methoxy groups -OCH3 is 1. The van der Waals surface area contributed by atoms with Gasteiger partial charge in [0.2, 0.25) is 11.8 Å². The second-order valence-electron chi connectivity index (χ2n) is 5.22. The fraction of sp³-hybridized carbons (Fsp3) is 0.158. The number of carbonyl (C=O) groups excluding carboxylic acids is 2. The number of hydrogen-bond donors (Lipinski definition) is 2. The lowest BCUT2D eigenvalue weighted by molar-refractivity contribution is -0.114. The maximum atomic E-state index is 12.1. The molecule has 0 spiro atoms. The number of rotatable bonds is 5. The van der Waals surface area contributed by atoms with Gasteiger partial charge in [-0.1, -0.05) is 24.3 Å². The van der Waals surface area contributed by atoms with Crippen LogP contribution in [0.15, 0.2) is 48.5 Å². The van der Waals surface area contributed by atoms with E-state index in [4.69, 9.17) is 4.74 Å². The van der Waals surface area contributed by atoms with Crippen molar-refractivity contribution in [3.8, 4) is 5.75 Å². The average molecular weight is 324 g/mol. The summed E-state index contributed by atoms with van der Waals surface area (Å²) in [4.78, 5) is 23.3. The Morgan fingerprint density at radius 3 is 2.33 bits per heavy atom. The van der Waals surface area contributed by atoms with E-state index >= 15 is 0 Å². The smallest absolute Gasteiger partial charge is 0.248 e. The van der Waals surface area contributed by atoms with Crippen molar-refractivity contribution < 1.29 is 14.3 Å². The molecule has 2 amide bonds. The molecule has 0 aliphatic heterocycles. The third-order valence-corrected chi connectivity index (χ3v) is 3.46. The molecule has 0 saturated heterocycles. The fourth-order valence-electron chi connectivity index (χ4n) is 2.24. The molecular formula is C19H20N2O3. The summed E-state index contributed by atoms with van der Waals surface area (Å²) in [6.07, 6.45) is 3.14. The van der Waals surface area contributed by atoms with Gasteiger partial charge in [0.1, 0.15) is 5.75 Å². The molecule has 0 bridgehead atoms. The van der Waals surface area contributed by atoms with E-state index in [0.717, 1.165) is 11.1 Å². The van der Waals surface area contributed by atoms with Crippen molar-refractivity contribution in [2.45, 2.75) is 13.8 Å². The van der Waals surface area contributed by atoms with E-state index in [9.17, 15) is 9.59 Å². The summed E-state index contributed by atoms with van der Waals surface area (Å²) in [5.41, 5.74) is 2.94. The van der Waals surface area contributed by atoms with E-state index in [2.05, 4.69) is 10.6 Å². The van der Waals surface area contributed by atoms with Crippen LogP contribution in [0.25, 0.3) is 6.08 Å². The van der Waals surface area contributed by atoms with Crippen molar-refractivity contribution in [3.63, 3.8) is 0 Å². The van der Waals surface area contributed by atoms with Crippen molar-refractivity contribution >= 4 is 29.3 Å². The summed E-state index contributed by atoms with van der Waals surface area (Å²) in [5.74, 6) is 0.284. The van der Waals surface area contributed by atoms with E-state index in [-0.39, 0.29) is 11.8 Å². The zero-order valence-corrected chi connectivity index (χ0v) is 13.9. The standard InChI is InChI=1S/C19H20N2O3/c1-13-16(20-14(2)22)8-6-9-17(13)21-19(23)12-11-15-7-4-5-10-18(15)24-3/h4-12H,1-3H3,(H,20,22)(H,21,23)/b12-11+. The number of benzene rings is 2. The molecule has 2 rings (SSSR count). The first-order valence-corrected chi connectivity index (χ1v) is 7.50. The molecule has 0 radical (unpaired) electrons. The van der Waals surface area contributed by atoms with E-state index in [1.54, 1.807) is 31.4 Å². The molecule has 5 heteroatoms. The van der Waals surface area contributed by atoms with E-state index < -0.39 is 0 Å². The highest BCUT2D eigenvalue weighted by Crippen LogP contribution is 2.23. The van der Waals surface area contributed by atoms with Crippen LogP contribution in [0.2, 0.25) is 0 Å². The molecule has 5 nitrogen and oxygen atoms in total. The van der Waals surface area contributed by atoms with Gasteiger partial charge in [-0.15, -0.1) is 0 Å². The van der Waals surface area contributed by atoms with Gasteiger partial charge in [-0.25, -0.2) is 0 Å². The van der Waals surface area contributed by atoms with Crippen LogP contribution in [0.5, 0.6) is 5.75 Å². The summed E-state index contributed by atoms with van der Waals surface area (Å²) >= 11 is 0. The van der Waals surface area contributed by atoms with Crippen LogP contribution in [0.1, 0.15) is 18.1 Å². The molecule has 2 aromatic rings. The van der Waals surface area contributed by atoms with Crippen LogP contribution in [-0.2, 0) is 9.59 Å². The minimum Gasteiger partial charge on any atom is -0.496 e. The zero-order valence-electron chi connectivity index (χ0n) is 13.9. The summed E-state index contributed by atoms with van der Waals surface area (Å²) in [7, 11) is 1.59. The minimum atomic E-state index is -0.260. The third-order valence-electron chi connectivity index (χ3n) is 3.46. The van der Waals surface area contributed by atoms with E-state index in [0.29, 0.717) is 17.1 Å². The van der Waals surface area contributed by atoms with Gasteiger partial charge in [0.15, 0.2) is 0 Å². The van der Waals surface area contributed by atoms with Crippen molar-refractivity contribution in [3.05, 3.63) is 59.7 Å². The molecule has 0 fully saturated rings. The summed E-state index contributed by atoms with van der Waals surface area (Å²) in [6, 6.07) is 12.8. The highest BCUT2D eigenvalue weighted by atomic mass is 16.5. The summed E-state index contributed by atoms with van der Waals surface area (Å²) in [6.45, 7) is 3.28. The van der Waals surface area contributed by atoms with Gasteiger partial charge in [0.25, 0.3) is 0 Å². The molecule has 0 unspecified atom stereocenters. The predicted molar refractivity (Wildman–Crippen MR) is 96.1 cm³/mol. The Morgan fingerprint density at radius 2 is 1.67 bits per heavy atom. The lowest BCUT2D eigenvalue weighted by Gasteiger charge is -2.11. The molecule has 0 aliphatic rings. The zero-order chi connectivity index (χ0) is 17.5. The van der Waals surface area contributed by atoms with Crippen LogP contribution in [0, 0.1) is 6.92 Å². The lowest BCUT2D eigenvalue weighted by atomic mass is 10.1. The Kier molecular flexibility index (Phi) is 5.73. The first kappa shape index (κ1) is 17.3. The van der Waals surface area contributed by atoms with Crippen LogP contribution in [0.4, 0.5) is 11.4 Å². The van der Waals surface area contributed by atoms with Crippen LogP contribution in [-0.4, -0.2) is 18.9 Å². The van der Waals surface area contributed by atoms with Gasteiger partial charge in [-0.3, -0.25) is 9.59 Å². The number of carbonyl (C=O) groups is 2. The highest BCUT2D eigenvalue weighted by Gasteiger charge is 2.07. The molecule has 0 aromatic heterocycles. The molecular weight excluding hydrogens is 304 g/mol. The minimum absolute atomic E-state index is 0.155. The first-order chi connectivity index (χ1) is 11.5. The van der Waals surface area contributed by atoms with Gasteiger partial charge in [-0.05, 0) is 36.8 Å². The van der Waals surface area contributed by atoms with Crippen molar-refractivity contribution in [1.82, 2.24) is 0 Å². The van der Waals surface area contributed by atoms with E-state index in [1.807, 2.05) is 31.2 Å². The van der Waals surface area contributed by atoms with Crippen LogP contribution >= 0.6 is 0 Å². The molecule has 0 aliphatic carbocycles. The van der Waals surface area contributed by atoms with Gasteiger partial charge in [0.05, 0.1) is 7.11 Å². The van der Waals surface area contributed by atoms with Gasteiger partial charge < -0.3 is 15.4 Å². The predicted octanol–water partition coefficient (Wildman–Crippen LogP) is 3.61. The first-order valence-electron chi connectivity index (χ1n) is 7.50. The van der Waals surface area contributed by atoms with Crippen molar-refractivity contribution in [2.75, 3.05) is 17.7 Å². The monoisotopic (exact) mass is 324 g/mol. The SMILES string of the molecule is COc1ccccc1/C=C/C(=O)Nc1cccc(NC(C)=O)c1C. The lowest BCUT2D eigenvalue weighted by Crippen LogP contribution is -2.12. The molecule has 124 valence electrons. The topological polar surface area (TPSA) is 67.4 Å². The van der Waals surface area contributed by atoms with Crippen LogP contribution < -0.4 is 15.4 Å². The Hall–Kier alpha value is -3.08. The van der Waals surface area contributed by atoms with E-state index in [1.165, 1.54) is 13.0 Å². The van der Waals surface area contributed by atoms with Gasteiger partial charge in [0, 0.05) is 29.9 Å². The Labute approximate surface area is 141 Å². The number of nitrogens with one attached hydrogen (secondary N) is 2. The Morgan fingerprint density at radius 1 is 1.00 bits per heavy atom. The second kappa shape index (κ2) is 7.97. The molecule has 0 atom stereocenters. The molecule has 2 N–H and O–H groups in total. The fourth-order valence-corrected chi connectivity index (χ4v) is 2.24. The number of para-hydroxylation sites is 1. The summed E-state index contributed by atoms with van der Waals surface area (Å²) < 4.78 is 5.24. The third kappa shape index (κ3) is 4.46. The quantitative estimate of drug-likeness (QED) is 0.826. The average Bonchev–Trinajstić information content (AvgIpc) is 2.56. The normalized spacial score (nSPS) is 10.5. The number of anilines is 2. The van der Waals surface area contributed by atoms with Gasteiger partial charge in [-0.2, -0.15) is 0 Å². The number of hydrogen-bond acceptors (Lipinski definition) is 3. The largest absolute Gasteiger partial charge is 0.496 e. The second-order valence-corrected chi connectivity index (χ2v) is 5.22. The Bertz CT molecular complexity index is 782. The molecule has 2 aromatic carbocycles. The maximum absolute atomic E-state index is 12.1. The summed E-state index contributed by atoms with van der Waals surface area (Å²) in [5, 5.41) is 5.55. The van der Waals surface area contributed by atoms with Gasteiger partial charge >= 0.3 is 0 Å². The molecule has 0 heterocycles. The maximum Gasteiger partial charge on any atom is 0.248 e. The Balaban J connectivity index is 2.12. The molecule has 0 saturated carbocycles. The van der Waals surface area contributed by atoms with Crippen molar-refractivity contribution in [2.24, 2.45) is 0 Å². The van der Waals surface area contributed by atoms with Crippen LogP contribution in [0.3, 0.4) is 0 Å². The van der Waals surface area contributed by atoms with Crippen molar-refractivity contribution in [1.29, 1.82) is 0 Å². The molecule has 24 heavy (non-hydrogen) atoms. The highest BCUT2D eigenvalue weighted by molar-refractivity contribution is 6.03. The number of amides is 2. The number of ether oxygens (including phenoxy) is 1.